The lowest BCUT2D eigenvalue weighted by molar-refractivity contribution is 0.408. The minimum Gasteiger partial charge on any atom is -0.497 e. The molecule has 0 aromatic heterocycles. The number of hydrogen-bond donors (Lipinski definition) is 2. The van der Waals surface area contributed by atoms with Crippen LogP contribution in [0.2, 0.25) is 0 Å². The van der Waals surface area contributed by atoms with Gasteiger partial charge in [-0.05, 0) is 31.5 Å². The average molecular weight is 231 g/mol. The molecule has 0 bridgehead atoms. The summed E-state index contributed by atoms with van der Waals surface area (Å²) in [4.78, 5) is 0. The highest BCUT2D eigenvalue weighted by molar-refractivity contribution is 5.52. The lowest BCUT2D eigenvalue weighted by Gasteiger charge is -2.33. The highest BCUT2D eigenvalue weighted by atomic mass is 16.5. The fraction of sp³-hybridized carbons (Fsp3) is 0.462. The van der Waals surface area contributed by atoms with Crippen molar-refractivity contribution in [2.45, 2.75) is 18.4 Å². The molecule has 4 nitrogen and oxygen atoms in total. The molecule has 2 N–H and O–H groups in total. The van der Waals surface area contributed by atoms with Gasteiger partial charge in [0.15, 0.2) is 0 Å². The predicted molar refractivity (Wildman–Crippen MR) is 67.1 cm³/mol. The normalized spacial score (nSPS) is 23.8. The van der Waals surface area contributed by atoms with Crippen LogP contribution in [-0.4, -0.2) is 25.7 Å². The molecule has 0 amide bonds. The van der Waals surface area contributed by atoms with Crippen LogP contribution in [0.4, 0.5) is 5.69 Å². The summed E-state index contributed by atoms with van der Waals surface area (Å²) in [6, 6.07) is 10.1. The van der Waals surface area contributed by atoms with Gasteiger partial charge in [-0.2, -0.15) is 5.26 Å². The van der Waals surface area contributed by atoms with Crippen molar-refractivity contribution in [1.82, 2.24) is 5.32 Å². The van der Waals surface area contributed by atoms with Crippen LogP contribution in [0.1, 0.15) is 12.8 Å². The summed E-state index contributed by atoms with van der Waals surface area (Å²) in [5.74, 6) is 0.798. The van der Waals surface area contributed by atoms with E-state index in [1.807, 2.05) is 24.3 Å². The Bertz CT molecular complexity index is 419. The molecule has 1 atom stereocenters. The van der Waals surface area contributed by atoms with Gasteiger partial charge < -0.3 is 15.4 Å². The standard InChI is InChI=1S/C13H17N3O/c1-17-12-5-2-4-11(8-12)16-13(9-14)6-3-7-15-10-13/h2,4-5,8,15-16H,3,6-7,10H2,1H3. The molecule has 0 saturated carbocycles. The number of anilines is 1. The first-order valence-corrected chi connectivity index (χ1v) is 5.82. The molecule has 0 spiro atoms. The summed E-state index contributed by atoms with van der Waals surface area (Å²) in [6.07, 6.45) is 1.89. The fourth-order valence-corrected chi connectivity index (χ4v) is 2.11. The Morgan fingerprint density at radius 3 is 3.06 bits per heavy atom. The van der Waals surface area contributed by atoms with Crippen molar-refractivity contribution in [2.24, 2.45) is 0 Å². The van der Waals surface area contributed by atoms with Crippen molar-refractivity contribution < 1.29 is 4.74 Å². The number of nitriles is 1. The van der Waals surface area contributed by atoms with Crippen LogP contribution in [0.25, 0.3) is 0 Å². The fourth-order valence-electron chi connectivity index (χ4n) is 2.11. The molecule has 2 rings (SSSR count). The van der Waals surface area contributed by atoms with E-state index in [4.69, 9.17) is 4.74 Å². The molecule has 1 heterocycles. The molecule has 1 aromatic carbocycles. The first kappa shape index (κ1) is 11.7. The van der Waals surface area contributed by atoms with Crippen LogP contribution >= 0.6 is 0 Å². The van der Waals surface area contributed by atoms with E-state index in [0.717, 1.165) is 30.8 Å². The predicted octanol–water partition coefficient (Wildman–Crippen LogP) is 1.75. The lowest BCUT2D eigenvalue weighted by atomic mass is 9.91. The second-order valence-electron chi connectivity index (χ2n) is 4.33. The second-order valence-corrected chi connectivity index (χ2v) is 4.33. The van der Waals surface area contributed by atoms with Crippen LogP contribution in [0.3, 0.4) is 0 Å². The molecule has 1 saturated heterocycles. The Balaban J connectivity index is 2.15. The summed E-state index contributed by atoms with van der Waals surface area (Å²) in [6.45, 7) is 1.67. The van der Waals surface area contributed by atoms with Gasteiger partial charge in [0.1, 0.15) is 11.3 Å². The highest BCUT2D eigenvalue weighted by Gasteiger charge is 2.31. The third-order valence-electron chi connectivity index (χ3n) is 3.05. The van der Waals surface area contributed by atoms with E-state index in [1.54, 1.807) is 7.11 Å². The van der Waals surface area contributed by atoms with Gasteiger partial charge >= 0.3 is 0 Å². The minimum atomic E-state index is -0.495. The quantitative estimate of drug-likeness (QED) is 0.832. The molecule has 1 unspecified atom stereocenters. The zero-order chi connectivity index (χ0) is 12.1. The van der Waals surface area contributed by atoms with E-state index in [2.05, 4.69) is 16.7 Å². The van der Waals surface area contributed by atoms with E-state index >= 15 is 0 Å². The van der Waals surface area contributed by atoms with Crippen LogP contribution in [0.15, 0.2) is 24.3 Å². The molecule has 1 aliphatic heterocycles. The van der Waals surface area contributed by atoms with Crippen molar-refractivity contribution in [3.63, 3.8) is 0 Å². The van der Waals surface area contributed by atoms with E-state index in [1.165, 1.54) is 0 Å². The maximum Gasteiger partial charge on any atom is 0.138 e. The van der Waals surface area contributed by atoms with Gasteiger partial charge in [-0.25, -0.2) is 0 Å². The van der Waals surface area contributed by atoms with Crippen LogP contribution in [0.5, 0.6) is 5.75 Å². The largest absolute Gasteiger partial charge is 0.497 e. The van der Waals surface area contributed by atoms with Gasteiger partial charge in [-0.15, -0.1) is 0 Å². The highest BCUT2D eigenvalue weighted by Crippen LogP contribution is 2.24. The smallest absolute Gasteiger partial charge is 0.138 e. The SMILES string of the molecule is COc1cccc(NC2(C#N)CCCNC2)c1. The number of hydrogen-bond acceptors (Lipinski definition) is 4. The van der Waals surface area contributed by atoms with Crippen molar-refractivity contribution in [2.75, 3.05) is 25.5 Å². The summed E-state index contributed by atoms with van der Waals surface area (Å²) >= 11 is 0. The molecular weight excluding hydrogens is 214 g/mol. The lowest BCUT2D eigenvalue weighted by Crippen LogP contribution is -2.50. The second kappa shape index (κ2) is 5.07. The third-order valence-corrected chi connectivity index (χ3v) is 3.05. The maximum absolute atomic E-state index is 9.35. The first-order valence-electron chi connectivity index (χ1n) is 5.82. The molecule has 90 valence electrons. The molecule has 0 radical (unpaired) electrons. The van der Waals surface area contributed by atoms with E-state index in [9.17, 15) is 5.26 Å². The van der Waals surface area contributed by atoms with E-state index in [-0.39, 0.29) is 0 Å². The monoisotopic (exact) mass is 231 g/mol. The number of ether oxygens (including phenoxy) is 1. The summed E-state index contributed by atoms with van der Waals surface area (Å²) in [7, 11) is 1.64. The summed E-state index contributed by atoms with van der Waals surface area (Å²) in [5.41, 5.74) is 0.430. The Morgan fingerprint density at radius 2 is 2.41 bits per heavy atom. The zero-order valence-electron chi connectivity index (χ0n) is 9.99. The number of nitrogens with zero attached hydrogens (tertiary/aromatic N) is 1. The summed E-state index contributed by atoms with van der Waals surface area (Å²) in [5, 5.41) is 15.9. The molecule has 4 heteroatoms. The average Bonchev–Trinajstić information content (AvgIpc) is 2.40. The zero-order valence-corrected chi connectivity index (χ0v) is 9.99. The van der Waals surface area contributed by atoms with Gasteiger partial charge in [0.05, 0.1) is 13.2 Å². The van der Waals surface area contributed by atoms with Gasteiger partial charge in [0, 0.05) is 18.3 Å². The van der Waals surface area contributed by atoms with Crippen molar-refractivity contribution in [3.8, 4) is 11.8 Å². The van der Waals surface area contributed by atoms with E-state index < -0.39 is 5.54 Å². The maximum atomic E-state index is 9.35. The Kier molecular flexibility index (Phi) is 3.50. The third kappa shape index (κ3) is 2.69. The number of methoxy groups -OCH3 is 1. The molecule has 0 aliphatic carbocycles. The van der Waals surface area contributed by atoms with Gasteiger partial charge in [0.25, 0.3) is 0 Å². The van der Waals surface area contributed by atoms with Crippen molar-refractivity contribution >= 4 is 5.69 Å². The first-order chi connectivity index (χ1) is 8.28. The van der Waals surface area contributed by atoms with E-state index in [0.29, 0.717) is 6.54 Å². The number of piperidine rings is 1. The van der Waals surface area contributed by atoms with Gasteiger partial charge in [0.2, 0.25) is 0 Å². The number of rotatable bonds is 3. The number of nitrogens with one attached hydrogen (secondary N) is 2. The summed E-state index contributed by atoms with van der Waals surface area (Å²) < 4.78 is 5.17. The Hall–Kier alpha value is -1.73. The molecular formula is C13H17N3O. The van der Waals surface area contributed by atoms with Crippen LogP contribution in [0, 0.1) is 11.3 Å². The molecule has 1 aromatic rings. The molecule has 17 heavy (non-hydrogen) atoms. The Morgan fingerprint density at radius 1 is 1.53 bits per heavy atom. The van der Waals surface area contributed by atoms with Crippen molar-refractivity contribution in [3.05, 3.63) is 24.3 Å². The van der Waals surface area contributed by atoms with Gasteiger partial charge in [-0.1, -0.05) is 6.07 Å². The molecule has 1 fully saturated rings. The van der Waals surface area contributed by atoms with Crippen LogP contribution < -0.4 is 15.4 Å². The van der Waals surface area contributed by atoms with Gasteiger partial charge in [-0.3, -0.25) is 0 Å². The molecule has 1 aliphatic rings. The number of benzene rings is 1. The topological polar surface area (TPSA) is 57.1 Å². The van der Waals surface area contributed by atoms with Crippen LogP contribution in [-0.2, 0) is 0 Å². The van der Waals surface area contributed by atoms with Crippen molar-refractivity contribution in [1.29, 1.82) is 5.26 Å². The minimum absolute atomic E-state index is 0.495. The Labute approximate surface area is 102 Å².